The largest absolute Gasteiger partial charge is 0.379 e. The van der Waals surface area contributed by atoms with Crippen molar-refractivity contribution in [3.05, 3.63) is 30.1 Å². The molecule has 2 heterocycles. The van der Waals surface area contributed by atoms with Crippen molar-refractivity contribution in [2.75, 3.05) is 31.6 Å². The van der Waals surface area contributed by atoms with Gasteiger partial charge in [-0.1, -0.05) is 38.2 Å². The molecule has 1 saturated carbocycles. The monoisotopic (exact) mass is 354 g/mol. The zero-order chi connectivity index (χ0) is 17.6. The number of morpholine rings is 1. The summed E-state index contributed by atoms with van der Waals surface area (Å²) in [7, 11) is 0. The quantitative estimate of drug-likeness (QED) is 0.900. The first kappa shape index (κ1) is 17.7. The first-order valence-electron chi connectivity index (χ1n) is 10.2. The Hall–Kier alpha value is -1.72. The number of ether oxygens (including phenoxy) is 1. The van der Waals surface area contributed by atoms with Crippen LogP contribution in [-0.2, 0) is 11.3 Å². The predicted molar refractivity (Wildman–Crippen MR) is 105 cm³/mol. The molecular weight excluding hydrogens is 324 g/mol. The molecule has 1 N–H and O–H groups in total. The van der Waals surface area contributed by atoms with Crippen molar-refractivity contribution >= 4 is 16.7 Å². The summed E-state index contributed by atoms with van der Waals surface area (Å²) in [5, 5.41) is 4.89. The van der Waals surface area contributed by atoms with Gasteiger partial charge in [-0.05, 0) is 30.5 Å². The average molecular weight is 354 g/mol. The molecule has 2 fully saturated rings. The Balaban J connectivity index is 1.52. The molecule has 5 heteroatoms. The highest BCUT2D eigenvalue weighted by Gasteiger charge is 2.15. The molecule has 1 aromatic heterocycles. The van der Waals surface area contributed by atoms with E-state index in [1.807, 2.05) is 0 Å². The second-order valence-electron chi connectivity index (χ2n) is 7.65. The summed E-state index contributed by atoms with van der Waals surface area (Å²) < 4.78 is 5.46. The van der Waals surface area contributed by atoms with Gasteiger partial charge in [0.25, 0.3) is 0 Å². The number of rotatable bonds is 4. The topological polar surface area (TPSA) is 50.3 Å². The molecule has 0 radical (unpaired) electrons. The van der Waals surface area contributed by atoms with Crippen LogP contribution in [0.15, 0.2) is 24.5 Å². The maximum absolute atomic E-state index is 5.46. The number of fused-ring (bicyclic) bond motifs is 1. The van der Waals surface area contributed by atoms with Crippen LogP contribution in [0.5, 0.6) is 0 Å². The second kappa shape index (κ2) is 8.78. The molecular formula is C21H30N4O. The third kappa shape index (κ3) is 4.51. The maximum Gasteiger partial charge on any atom is 0.137 e. The molecule has 2 aromatic rings. The molecule has 4 rings (SSSR count). The van der Waals surface area contributed by atoms with Gasteiger partial charge in [0.1, 0.15) is 12.1 Å². The van der Waals surface area contributed by atoms with Gasteiger partial charge in [0.2, 0.25) is 0 Å². The van der Waals surface area contributed by atoms with E-state index in [1.54, 1.807) is 6.33 Å². The predicted octanol–water partition coefficient (Wildman–Crippen LogP) is 3.99. The fourth-order valence-electron chi connectivity index (χ4n) is 4.13. The van der Waals surface area contributed by atoms with E-state index >= 15 is 0 Å². The third-order valence-corrected chi connectivity index (χ3v) is 5.66. The van der Waals surface area contributed by atoms with Gasteiger partial charge in [0.15, 0.2) is 0 Å². The van der Waals surface area contributed by atoms with Crippen molar-refractivity contribution < 1.29 is 4.74 Å². The molecule has 0 amide bonds. The van der Waals surface area contributed by atoms with E-state index in [-0.39, 0.29) is 0 Å². The Kier molecular flexibility index (Phi) is 5.97. The summed E-state index contributed by atoms with van der Waals surface area (Å²) in [6, 6.07) is 7.15. The van der Waals surface area contributed by atoms with E-state index in [1.165, 1.54) is 50.5 Å². The molecule has 2 aliphatic rings. The average Bonchev–Trinajstić information content (AvgIpc) is 2.65. The van der Waals surface area contributed by atoms with E-state index in [4.69, 9.17) is 4.74 Å². The first-order chi connectivity index (χ1) is 12.9. The van der Waals surface area contributed by atoms with E-state index in [0.717, 1.165) is 49.6 Å². The Labute approximate surface area is 156 Å². The van der Waals surface area contributed by atoms with Crippen LogP contribution in [-0.4, -0.2) is 47.2 Å². The summed E-state index contributed by atoms with van der Waals surface area (Å²) in [5.41, 5.74) is 2.36. The molecule has 1 aromatic carbocycles. The zero-order valence-corrected chi connectivity index (χ0v) is 15.6. The van der Waals surface area contributed by atoms with Crippen LogP contribution in [0.3, 0.4) is 0 Å². The maximum atomic E-state index is 5.46. The van der Waals surface area contributed by atoms with Gasteiger partial charge in [-0.25, -0.2) is 9.97 Å². The molecule has 1 saturated heterocycles. The summed E-state index contributed by atoms with van der Waals surface area (Å²) in [4.78, 5) is 11.5. The molecule has 1 aliphatic heterocycles. The van der Waals surface area contributed by atoms with Crippen LogP contribution in [0.1, 0.15) is 50.5 Å². The smallest absolute Gasteiger partial charge is 0.137 e. The van der Waals surface area contributed by atoms with Gasteiger partial charge in [0, 0.05) is 31.1 Å². The van der Waals surface area contributed by atoms with Crippen molar-refractivity contribution in [1.29, 1.82) is 0 Å². The molecule has 5 nitrogen and oxygen atoms in total. The number of benzene rings is 1. The van der Waals surface area contributed by atoms with Crippen LogP contribution in [0.4, 0.5) is 5.82 Å². The van der Waals surface area contributed by atoms with Crippen LogP contribution in [0.2, 0.25) is 0 Å². The van der Waals surface area contributed by atoms with E-state index in [2.05, 4.69) is 38.4 Å². The van der Waals surface area contributed by atoms with Gasteiger partial charge >= 0.3 is 0 Å². The normalized spacial score (nSPS) is 20.6. The Bertz CT molecular complexity index is 706. The number of hydrogen-bond donors (Lipinski definition) is 1. The van der Waals surface area contributed by atoms with Gasteiger partial charge in [-0.3, -0.25) is 4.90 Å². The van der Waals surface area contributed by atoms with Crippen LogP contribution in [0.25, 0.3) is 10.9 Å². The van der Waals surface area contributed by atoms with Crippen molar-refractivity contribution in [3.63, 3.8) is 0 Å². The fraction of sp³-hybridized carbons (Fsp3) is 0.619. The van der Waals surface area contributed by atoms with Gasteiger partial charge in [0.05, 0.1) is 18.7 Å². The number of hydrogen-bond acceptors (Lipinski definition) is 5. The van der Waals surface area contributed by atoms with Crippen molar-refractivity contribution in [3.8, 4) is 0 Å². The lowest BCUT2D eigenvalue weighted by atomic mass is 9.96. The number of nitrogens with one attached hydrogen (secondary N) is 1. The SMILES string of the molecule is c1nc(NC2CCCCCCC2)c2cc(CN3CCOCC3)ccc2n1. The minimum absolute atomic E-state index is 0.538. The van der Waals surface area contributed by atoms with Crippen LogP contribution >= 0.6 is 0 Å². The lowest BCUT2D eigenvalue weighted by molar-refractivity contribution is 0.0342. The number of aromatic nitrogens is 2. The van der Waals surface area contributed by atoms with Crippen molar-refractivity contribution in [1.82, 2.24) is 14.9 Å². The molecule has 0 atom stereocenters. The Morgan fingerprint density at radius 3 is 2.58 bits per heavy atom. The number of nitrogens with zero attached hydrogens (tertiary/aromatic N) is 3. The van der Waals surface area contributed by atoms with Gasteiger partial charge in [-0.2, -0.15) is 0 Å². The van der Waals surface area contributed by atoms with Crippen molar-refractivity contribution in [2.45, 2.75) is 57.5 Å². The lowest BCUT2D eigenvalue weighted by Gasteiger charge is -2.26. The lowest BCUT2D eigenvalue weighted by Crippen LogP contribution is -2.35. The number of anilines is 1. The van der Waals surface area contributed by atoms with Crippen LogP contribution < -0.4 is 5.32 Å². The minimum atomic E-state index is 0.538. The van der Waals surface area contributed by atoms with Crippen LogP contribution in [0, 0.1) is 0 Å². The van der Waals surface area contributed by atoms with E-state index < -0.39 is 0 Å². The molecule has 0 spiro atoms. The zero-order valence-electron chi connectivity index (χ0n) is 15.6. The summed E-state index contributed by atoms with van der Waals surface area (Å²) >= 11 is 0. The fourth-order valence-corrected chi connectivity index (χ4v) is 4.13. The highest BCUT2D eigenvalue weighted by molar-refractivity contribution is 5.89. The molecule has 26 heavy (non-hydrogen) atoms. The summed E-state index contributed by atoms with van der Waals surface area (Å²) in [6.07, 6.45) is 11.0. The Morgan fingerprint density at radius 1 is 1.00 bits per heavy atom. The molecule has 140 valence electrons. The summed E-state index contributed by atoms with van der Waals surface area (Å²) in [5.74, 6) is 1.00. The highest BCUT2D eigenvalue weighted by atomic mass is 16.5. The first-order valence-corrected chi connectivity index (χ1v) is 10.2. The molecule has 1 aliphatic carbocycles. The second-order valence-corrected chi connectivity index (χ2v) is 7.65. The minimum Gasteiger partial charge on any atom is -0.379 e. The van der Waals surface area contributed by atoms with Crippen molar-refractivity contribution in [2.24, 2.45) is 0 Å². The third-order valence-electron chi connectivity index (χ3n) is 5.66. The molecule has 0 unspecified atom stereocenters. The standard InChI is InChI=1S/C21H30N4O/c1-2-4-6-18(7-5-3-1)24-21-19-14-17(8-9-20(19)22-16-23-21)15-25-10-12-26-13-11-25/h8-9,14,16,18H,1-7,10-13,15H2,(H,22,23,24). The van der Waals surface area contributed by atoms with E-state index in [0.29, 0.717) is 6.04 Å². The summed E-state index contributed by atoms with van der Waals surface area (Å²) in [6.45, 7) is 4.67. The van der Waals surface area contributed by atoms with Gasteiger partial charge < -0.3 is 10.1 Å². The Morgan fingerprint density at radius 2 is 1.77 bits per heavy atom. The van der Waals surface area contributed by atoms with E-state index in [9.17, 15) is 0 Å². The van der Waals surface area contributed by atoms with Gasteiger partial charge in [-0.15, -0.1) is 0 Å². The molecule has 0 bridgehead atoms. The highest BCUT2D eigenvalue weighted by Crippen LogP contribution is 2.25.